The molecule has 0 spiro atoms. The number of aromatic nitrogens is 1. The van der Waals surface area contributed by atoms with E-state index in [1.54, 1.807) is 12.3 Å². The van der Waals surface area contributed by atoms with Gasteiger partial charge in [-0.3, -0.25) is 24.6 Å². The summed E-state index contributed by atoms with van der Waals surface area (Å²) in [4.78, 5) is 46.6. The molecule has 4 atom stereocenters. The number of halogens is 3. The summed E-state index contributed by atoms with van der Waals surface area (Å²) in [6.07, 6.45) is 1.71. The minimum Gasteiger partial charge on any atom is -0.480 e. The first-order valence-corrected chi connectivity index (χ1v) is 15.1. The number of benzene rings is 3. The smallest absolute Gasteiger partial charge is 0.325 e. The molecule has 0 aliphatic carbocycles. The van der Waals surface area contributed by atoms with E-state index in [0.29, 0.717) is 16.9 Å². The summed E-state index contributed by atoms with van der Waals surface area (Å²) in [6, 6.07) is 19.3. The summed E-state index contributed by atoms with van der Waals surface area (Å²) in [5, 5.41) is 15.4. The van der Waals surface area contributed by atoms with Crippen LogP contribution >= 0.6 is 46.6 Å². The zero-order valence-electron chi connectivity index (χ0n) is 21.4. The maximum atomic E-state index is 14.0. The fourth-order valence-electron chi connectivity index (χ4n) is 6.14. The Morgan fingerprint density at radius 2 is 1.73 bits per heavy atom. The zero-order chi connectivity index (χ0) is 28.9. The van der Waals surface area contributed by atoms with Gasteiger partial charge in [0.05, 0.1) is 21.9 Å². The van der Waals surface area contributed by atoms with Crippen LogP contribution in [0.5, 0.6) is 0 Å². The normalized spacial score (nSPS) is 23.9. The maximum absolute atomic E-state index is 14.0. The van der Waals surface area contributed by atoms with Crippen LogP contribution in [0.1, 0.15) is 17.2 Å². The van der Waals surface area contributed by atoms with Crippen molar-refractivity contribution >= 4 is 75.3 Å². The van der Waals surface area contributed by atoms with Crippen LogP contribution in [0, 0.1) is 11.8 Å². The van der Waals surface area contributed by atoms with Crippen molar-refractivity contribution in [1.82, 2.24) is 15.2 Å². The Balaban J connectivity index is 1.42. The van der Waals surface area contributed by atoms with Crippen LogP contribution < -0.4 is 5.32 Å². The number of hydrogen-bond acceptors (Lipinski definition) is 5. The van der Waals surface area contributed by atoms with Gasteiger partial charge in [-0.05, 0) is 41.5 Å². The molecule has 0 radical (unpaired) electrons. The van der Waals surface area contributed by atoms with Gasteiger partial charge in [0.2, 0.25) is 11.8 Å². The Labute approximate surface area is 255 Å². The number of thioether (sulfide) groups is 1. The molecule has 2 aliphatic rings. The molecule has 3 N–H and O–H groups in total. The van der Waals surface area contributed by atoms with Gasteiger partial charge in [0, 0.05) is 51.8 Å². The molecule has 3 heterocycles. The highest BCUT2D eigenvalue weighted by Gasteiger charge is 2.68. The molecule has 2 saturated heterocycles. The number of amides is 2. The van der Waals surface area contributed by atoms with Gasteiger partial charge in [-0.2, -0.15) is 0 Å². The van der Waals surface area contributed by atoms with E-state index in [2.05, 4.69) is 10.3 Å². The van der Waals surface area contributed by atoms with Crippen molar-refractivity contribution in [2.24, 2.45) is 11.8 Å². The molecule has 0 saturated carbocycles. The highest BCUT2D eigenvalue weighted by atomic mass is 35.5. The summed E-state index contributed by atoms with van der Waals surface area (Å²) < 4.78 is 0. The van der Waals surface area contributed by atoms with E-state index in [1.165, 1.54) is 22.7 Å². The molecule has 4 unspecified atom stereocenters. The van der Waals surface area contributed by atoms with E-state index in [0.717, 1.165) is 15.8 Å². The first-order valence-electron chi connectivity index (χ1n) is 12.9. The number of carboxylic acids is 1. The van der Waals surface area contributed by atoms with Crippen LogP contribution in [0.25, 0.3) is 10.9 Å². The van der Waals surface area contributed by atoms with Crippen LogP contribution in [0.4, 0.5) is 0 Å². The van der Waals surface area contributed by atoms with E-state index in [9.17, 15) is 19.5 Å². The number of carbonyl (C=O) groups is 3. The van der Waals surface area contributed by atoms with Crippen LogP contribution in [0.15, 0.2) is 77.8 Å². The standard InChI is InChI=1S/C30H24Cl3N3O4S/c31-17-12-20(25(33)21(32)13-17)26-23-24(28(38)36(27(23)37)10-11-41-18-6-2-1-3-7-18)30(35-26,29(39)40)14-16-15-34-22-9-5-4-8-19(16)22/h1-9,12-13,15,23-24,26,34-35H,10-11,14H2,(H,39,40). The molecule has 11 heteroatoms. The number of aliphatic carboxylic acids is 1. The molecule has 41 heavy (non-hydrogen) atoms. The lowest BCUT2D eigenvalue weighted by Crippen LogP contribution is -2.57. The second kappa shape index (κ2) is 11.0. The number of nitrogens with one attached hydrogen (secondary N) is 2. The van der Waals surface area contributed by atoms with Gasteiger partial charge in [0.15, 0.2) is 0 Å². The highest BCUT2D eigenvalue weighted by Crippen LogP contribution is 2.52. The van der Waals surface area contributed by atoms with Gasteiger partial charge in [-0.15, -0.1) is 11.8 Å². The maximum Gasteiger partial charge on any atom is 0.325 e. The van der Waals surface area contributed by atoms with E-state index < -0.39 is 41.2 Å². The van der Waals surface area contributed by atoms with Crippen LogP contribution in [-0.2, 0) is 20.8 Å². The molecular weight excluding hydrogens is 605 g/mol. The van der Waals surface area contributed by atoms with Crippen LogP contribution in [-0.4, -0.2) is 50.6 Å². The molecule has 3 aromatic carbocycles. The number of aromatic amines is 1. The molecule has 2 aliphatic heterocycles. The molecule has 1 aromatic heterocycles. The Kier molecular flexibility index (Phi) is 7.55. The number of imide groups is 1. The molecular formula is C30H24Cl3N3O4S. The number of H-pyrrole nitrogens is 1. The Bertz CT molecular complexity index is 1680. The Morgan fingerprint density at radius 1 is 1.00 bits per heavy atom. The number of likely N-dealkylation sites (tertiary alicyclic amines) is 1. The van der Waals surface area contributed by atoms with Crippen molar-refractivity contribution in [2.45, 2.75) is 22.9 Å². The lowest BCUT2D eigenvalue weighted by atomic mass is 9.76. The van der Waals surface area contributed by atoms with Gasteiger partial charge in [-0.1, -0.05) is 71.2 Å². The lowest BCUT2D eigenvalue weighted by molar-refractivity contribution is -0.151. The summed E-state index contributed by atoms with van der Waals surface area (Å²) in [7, 11) is 0. The largest absolute Gasteiger partial charge is 0.480 e. The average molecular weight is 629 g/mol. The fraction of sp³-hybridized carbons (Fsp3) is 0.233. The number of para-hydroxylation sites is 1. The van der Waals surface area contributed by atoms with Gasteiger partial charge in [0.1, 0.15) is 5.54 Å². The fourth-order valence-corrected chi connectivity index (χ4v) is 7.73. The Hall–Kier alpha value is -3.01. The summed E-state index contributed by atoms with van der Waals surface area (Å²) in [6.45, 7) is 0.143. The SMILES string of the molecule is O=C1C2C(c3cc(Cl)cc(Cl)c3Cl)NC(Cc3c[nH]c4ccccc34)(C(=O)O)C2C(=O)N1CCSc1ccccc1. The zero-order valence-corrected chi connectivity index (χ0v) is 24.5. The van der Waals surface area contributed by atoms with Crippen molar-refractivity contribution in [3.63, 3.8) is 0 Å². The van der Waals surface area contributed by atoms with E-state index in [-0.39, 0.29) is 28.0 Å². The van der Waals surface area contributed by atoms with Crippen molar-refractivity contribution in [3.8, 4) is 0 Å². The Morgan fingerprint density at radius 3 is 2.49 bits per heavy atom. The monoisotopic (exact) mass is 627 g/mol. The summed E-state index contributed by atoms with van der Waals surface area (Å²) >= 11 is 20.8. The van der Waals surface area contributed by atoms with Gasteiger partial charge in [-0.25, -0.2) is 0 Å². The average Bonchev–Trinajstić information content (AvgIpc) is 3.60. The highest BCUT2D eigenvalue weighted by molar-refractivity contribution is 7.99. The van der Waals surface area contributed by atoms with Crippen molar-refractivity contribution < 1.29 is 19.5 Å². The molecule has 7 nitrogen and oxygen atoms in total. The van der Waals surface area contributed by atoms with Gasteiger partial charge >= 0.3 is 5.97 Å². The number of carboxylic acid groups (broad SMARTS) is 1. The predicted molar refractivity (Wildman–Crippen MR) is 161 cm³/mol. The molecule has 2 fully saturated rings. The number of hydrogen-bond donors (Lipinski definition) is 3. The number of nitrogens with zero attached hydrogens (tertiary/aromatic N) is 1. The van der Waals surface area contributed by atoms with Crippen LogP contribution in [0.2, 0.25) is 15.1 Å². The molecule has 0 bridgehead atoms. The first-order chi connectivity index (χ1) is 19.7. The number of fused-ring (bicyclic) bond motifs is 2. The van der Waals surface area contributed by atoms with E-state index in [1.807, 2.05) is 54.6 Å². The minimum absolute atomic E-state index is 0.0401. The molecule has 210 valence electrons. The first kappa shape index (κ1) is 28.1. The summed E-state index contributed by atoms with van der Waals surface area (Å²) in [5.74, 6) is -3.92. The van der Waals surface area contributed by atoms with Crippen molar-refractivity contribution in [1.29, 1.82) is 0 Å². The second-order valence-corrected chi connectivity index (χ2v) is 12.6. The topological polar surface area (TPSA) is 102 Å². The number of rotatable bonds is 8. The predicted octanol–water partition coefficient (Wildman–Crippen LogP) is 6.23. The van der Waals surface area contributed by atoms with Crippen molar-refractivity contribution in [2.75, 3.05) is 12.3 Å². The molecule has 2 amide bonds. The van der Waals surface area contributed by atoms with Gasteiger partial charge in [0.25, 0.3) is 0 Å². The molecule has 4 aromatic rings. The lowest BCUT2D eigenvalue weighted by Gasteiger charge is -2.31. The quantitative estimate of drug-likeness (QED) is 0.121. The van der Waals surface area contributed by atoms with Crippen LogP contribution in [0.3, 0.4) is 0 Å². The van der Waals surface area contributed by atoms with Gasteiger partial charge < -0.3 is 10.1 Å². The number of carbonyl (C=O) groups excluding carboxylic acids is 2. The third-order valence-corrected chi connectivity index (χ3v) is 9.98. The second-order valence-electron chi connectivity index (χ2n) is 10.2. The van der Waals surface area contributed by atoms with E-state index in [4.69, 9.17) is 34.8 Å². The minimum atomic E-state index is -1.80. The van der Waals surface area contributed by atoms with E-state index >= 15 is 0 Å². The molecule has 6 rings (SSSR count). The third kappa shape index (κ3) is 4.81. The third-order valence-electron chi connectivity index (χ3n) is 7.95. The summed E-state index contributed by atoms with van der Waals surface area (Å²) in [5.41, 5.74) is 0.130. The van der Waals surface area contributed by atoms with Crippen molar-refractivity contribution in [3.05, 3.63) is 99.1 Å².